The average Bonchev–Trinajstić information content (AvgIpc) is 2.70. The maximum Gasteiger partial charge on any atom is 0.311 e. The third-order valence-corrected chi connectivity index (χ3v) is 8.05. The van der Waals surface area contributed by atoms with E-state index in [1.54, 1.807) is 24.3 Å². The molecular formula is C24H19O4P. The van der Waals surface area contributed by atoms with E-state index in [4.69, 9.17) is 4.52 Å². The molecule has 4 aromatic rings. The van der Waals surface area contributed by atoms with E-state index in [2.05, 4.69) is 0 Å². The molecule has 0 fully saturated rings. The van der Waals surface area contributed by atoms with Gasteiger partial charge in [-0.15, -0.1) is 0 Å². The van der Waals surface area contributed by atoms with Gasteiger partial charge in [-0.1, -0.05) is 42.5 Å². The Hall–Kier alpha value is -3.23. The second-order valence-corrected chi connectivity index (χ2v) is 9.62. The minimum atomic E-state index is -3.70. The molecule has 0 saturated carbocycles. The van der Waals surface area contributed by atoms with Gasteiger partial charge in [0.05, 0.1) is 5.30 Å². The summed E-state index contributed by atoms with van der Waals surface area (Å²) in [5.41, 5.74) is 3.68. The van der Waals surface area contributed by atoms with E-state index in [9.17, 15) is 14.8 Å². The van der Waals surface area contributed by atoms with E-state index in [0.717, 1.165) is 27.6 Å². The van der Waals surface area contributed by atoms with E-state index >= 15 is 0 Å². The van der Waals surface area contributed by atoms with Crippen LogP contribution in [0.3, 0.4) is 0 Å². The van der Waals surface area contributed by atoms with Crippen molar-refractivity contribution in [3.8, 4) is 28.4 Å². The zero-order chi connectivity index (χ0) is 20.3. The number of rotatable bonds is 1. The Morgan fingerprint density at radius 3 is 2.41 bits per heavy atom. The van der Waals surface area contributed by atoms with Gasteiger partial charge < -0.3 is 14.7 Å². The molecule has 1 aliphatic rings. The monoisotopic (exact) mass is 402 g/mol. The lowest BCUT2D eigenvalue weighted by molar-refractivity contribution is 0.472. The first kappa shape index (κ1) is 17.8. The highest BCUT2D eigenvalue weighted by Crippen LogP contribution is 2.57. The van der Waals surface area contributed by atoms with Crippen molar-refractivity contribution in [2.24, 2.45) is 0 Å². The SMILES string of the molecule is Cc1ccc(C)c2c1OP(=O)(c1c(O)ccc3ccc(O)cc13)c1ccccc1-2. The second-order valence-electron chi connectivity index (χ2n) is 7.40. The van der Waals surface area contributed by atoms with Crippen LogP contribution in [0.5, 0.6) is 17.2 Å². The number of benzene rings is 4. The number of fused-ring (bicyclic) bond motifs is 4. The Labute approximate surface area is 168 Å². The fourth-order valence-corrected chi connectivity index (χ4v) is 6.71. The highest BCUT2D eigenvalue weighted by atomic mass is 31.2. The van der Waals surface area contributed by atoms with Gasteiger partial charge in [0.15, 0.2) is 0 Å². The summed E-state index contributed by atoms with van der Waals surface area (Å²) in [5, 5.41) is 22.9. The first-order valence-corrected chi connectivity index (χ1v) is 11.0. The van der Waals surface area contributed by atoms with Crippen molar-refractivity contribution in [3.05, 3.63) is 77.9 Å². The van der Waals surface area contributed by atoms with Crippen molar-refractivity contribution in [3.63, 3.8) is 0 Å². The van der Waals surface area contributed by atoms with Gasteiger partial charge in [0, 0.05) is 16.5 Å². The molecule has 0 bridgehead atoms. The Balaban J connectivity index is 1.92. The van der Waals surface area contributed by atoms with Crippen LogP contribution in [0.2, 0.25) is 0 Å². The molecule has 144 valence electrons. The molecule has 2 N–H and O–H groups in total. The molecule has 0 saturated heterocycles. The zero-order valence-electron chi connectivity index (χ0n) is 16.0. The molecule has 1 aliphatic heterocycles. The van der Waals surface area contributed by atoms with Crippen LogP contribution in [0.25, 0.3) is 21.9 Å². The molecule has 1 atom stereocenters. The van der Waals surface area contributed by atoms with Crippen LogP contribution in [-0.2, 0) is 4.57 Å². The quantitative estimate of drug-likeness (QED) is 0.432. The topological polar surface area (TPSA) is 66.8 Å². The predicted octanol–water partition coefficient (Wildman–Crippen LogP) is 5.16. The minimum Gasteiger partial charge on any atom is -0.508 e. The number of phenolic OH excluding ortho intramolecular Hbond substituents is 2. The summed E-state index contributed by atoms with van der Waals surface area (Å²) in [6.07, 6.45) is 0. The molecule has 1 unspecified atom stereocenters. The van der Waals surface area contributed by atoms with E-state index in [1.807, 2.05) is 44.2 Å². The van der Waals surface area contributed by atoms with Gasteiger partial charge in [0.1, 0.15) is 22.6 Å². The van der Waals surface area contributed by atoms with Gasteiger partial charge in [-0.25, -0.2) is 0 Å². The number of aromatic hydroxyl groups is 2. The maximum atomic E-state index is 14.6. The normalized spacial score (nSPS) is 17.4. The lowest BCUT2D eigenvalue weighted by atomic mass is 9.97. The third-order valence-electron chi connectivity index (χ3n) is 5.52. The average molecular weight is 402 g/mol. The first-order chi connectivity index (χ1) is 13.9. The Kier molecular flexibility index (Phi) is 3.77. The number of phenols is 2. The summed E-state index contributed by atoms with van der Waals surface area (Å²) < 4.78 is 20.9. The van der Waals surface area contributed by atoms with Crippen molar-refractivity contribution >= 4 is 28.8 Å². The molecule has 0 radical (unpaired) electrons. The van der Waals surface area contributed by atoms with Crippen molar-refractivity contribution in [1.29, 1.82) is 0 Å². The minimum absolute atomic E-state index is 0.0358. The van der Waals surface area contributed by atoms with Gasteiger partial charge in [0.2, 0.25) is 0 Å². The largest absolute Gasteiger partial charge is 0.508 e. The molecule has 4 nitrogen and oxygen atoms in total. The van der Waals surface area contributed by atoms with E-state index < -0.39 is 7.37 Å². The molecule has 0 aromatic heterocycles. The molecule has 0 amide bonds. The Morgan fingerprint density at radius 2 is 1.59 bits per heavy atom. The van der Waals surface area contributed by atoms with Gasteiger partial charge in [-0.3, -0.25) is 4.57 Å². The number of aryl methyl sites for hydroxylation is 2. The zero-order valence-corrected chi connectivity index (χ0v) is 16.9. The molecule has 5 heteroatoms. The van der Waals surface area contributed by atoms with Crippen LogP contribution in [0, 0.1) is 13.8 Å². The smallest absolute Gasteiger partial charge is 0.311 e. The molecule has 5 rings (SSSR count). The van der Waals surface area contributed by atoms with Crippen LogP contribution in [0.1, 0.15) is 11.1 Å². The van der Waals surface area contributed by atoms with Crippen molar-refractivity contribution in [1.82, 2.24) is 0 Å². The fourth-order valence-electron chi connectivity index (χ4n) is 4.11. The van der Waals surface area contributed by atoms with Gasteiger partial charge in [-0.05, 0) is 54.6 Å². The fraction of sp³-hybridized carbons (Fsp3) is 0.0833. The summed E-state index contributed by atoms with van der Waals surface area (Å²) in [6, 6.07) is 19.5. The molecule has 0 spiro atoms. The van der Waals surface area contributed by atoms with Crippen LogP contribution in [0.15, 0.2) is 66.7 Å². The first-order valence-electron chi connectivity index (χ1n) is 9.35. The molecular weight excluding hydrogens is 383 g/mol. The Bertz CT molecular complexity index is 1350. The second kappa shape index (κ2) is 6.13. The molecule has 0 aliphatic carbocycles. The Morgan fingerprint density at radius 1 is 0.862 bits per heavy atom. The predicted molar refractivity (Wildman–Crippen MR) is 116 cm³/mol. The van der Waals surface area contributed by atoms with Crippen LogP contribution in [-0.4, -0.2) is 10.2 Å². The van der Waals surface area contributed by atoms with Crippen molar-refractivity contribution in [2.75, 3.05) is 0 Å². The number of hydrogen-bond donors (Lipinski definition) is 2. The highest BCUT2D eigenvalue weighted by molar-refractivity contribution is 7.75. The van der Waals surface area contributed by atoms with Crippen molar-refractivity contribution < 1.29 is 19.3 Å². The van der Waals surface area contributed by atoms with Crippen LogP contribution >= 0.6 is 7.37 Å². The number of hydrogen-bond acceptors (Lipinski definition) is 4. The summed E-state index contributed by atoms with van der Waals surface area (Å²) >= 11 is 0. The van der Waals surface area contributed by atoms with Gasteiger partial charge >= 0.3 is 7.37 Å². The lowest BCUT2D eigenvalue weighted by Crippen LogP contribution is -2.26. The third kappa shape index (κ3) is 2.49. The molecule has 29 heavy (non-hydrogen) atoms. The van der Waals surface area contributed by atoms with Crippen molar-refractivity contribution in [2.45, 2.75) is 13.8 Å². The van der Waals surface area contributed by atoms with Gasteiger partial charge in [-0.2, -0.15) is 0 Å². The van der Waals surface area contributed by atoms with Crippen LogP contribution < -0.4 is 15.1 Å². The summed E-state index contributed by atoms with van der Waals surface area (Å²) in [6.45, 7) is 3.92. The standard InChI is InChI=1S/C24H19O4P/c1-14-7-8-15(2)23-22(14)18-5-3-4-6-21(18)29(27,28-23)24-19-13-17(25)11-9-16(19)10-12-20(24)26/h3-13,25-26H,1-2H3. The lowest BCUT2D eigenvalue weighted by Gasteiger charge is -2.31. The van der Waals surface area contributed by atoms with E-state index in [-0.39, 0.29) is 16.8 Å². The summed E-state index contributed by atoms with van der Waals surface area (Å²) in [5.74, 6) is 0.493. The highest BCUT2D eigenvalue weighted by Gasteiger charge is 2.41. The van der Waals surface area contributed by atoms with E-state index in [1.165, 1.54) is 12.1 Å². The van der Waals surface area contributed by atoms with Crippen LogP contribution in [0.4, 0.5) is 0 Å². The molecule has 4 aromatic carbocycles. The van der Waals surface area contributed by atoms with E-state index in [0.29, 0.717) is 16.4 Å². The maximum absolute atomic E-state index is 14.6. The molecule has 1 heterocycles. The summed E-state index contributed by atoms with van der Waals surface area (Å²) in [7, 11) is -3.70. The summed E-state index contributed by atoms with van der Waals surface area (Å²) in [4.78, 5) is 0. The van der Waals surface area contributed by atoms with Gasteiger partial charge in [0.25, 0.3) is 0 Å².